The number of amides is 1. The summed E-state index contributed by atoms with van der Waals surface area (Å²) >= 11 is 0. The molecule has 4 aromatic rings. The lowest BCUT2D eigenvalue weighted by atomic mass is 9.90. The van der Waals surface area contributed by atoms with Crippen molar-refractivity contribution in [1.29, 1.82) is 0 Å². The smallest absolute Gasteiger partial charge is 0.281 e. The van der Waals surface area contributed by atoms with E-state index < -0.39 is 45.9 Å². The number of nitrogens with one attached hydrogen (secondary N) is 1. The first kappa shape index (κ1) is 26.9. The summed E-state index contributed by atoms with van der Waals surface area (Å²) < 4.78 is 49.0. The van der Waals surface area contributed by atoms with Gasteiger partial charge in [-0.15, -0.1) is 0 Å². The number of benzene rings is 2. The summed E-state index contributed by atoms with van der Waals surface area (Å²) in [7, 11) is 0. The van der Waals surface area contributed by atoms with Crippen LogP contribution in [0.25, 0.3) is 27.7 Å². The lowest BCUT2D eigenvalue weighted by Crippen LogP contribution is -2.54. The van der Waals surface area contributed by atoms with Crippen LogP contribution in [-0.4, -0.2) is 33.2 Å². The highest BCUT2D eigenvalue weighted by atomic mass is 19.1. The predicted octanol–water partition coefficient (Wildman–Crippen LogP) is 6.16. The Morgan fingerprint density at radius 3 is 2.51 bits per heavy atom. The first-order valence-electron chi connectivity index (χ1n) is 13.6. The van der Waals surface area contributed by atoms with Crippen LogP contribution in [0, 0.1) is 30.3 Å². The number of phenolic OH excluding ortho intramolecular Hbond substituents is 1. The minimum Gasteiger partial charge on any atom is -0.507 e. The SMILES string of the molecule is Cc1ccnc(C(C)C)c1-n1c(=O)c2c(c3cc(F)c(-c4c(O)cccc4F)c(F)c31)N1C[C@@H](C)CC[C@@H]1C(=O)N2. The molecule has 6 rings (SSSR count). The van der Waals surface area contributed by atoms with E-state index in [2.05, 4.69) is 10.3 Å². The van der Waals surface area contributed by atoms with E-state index in [9.17, 15) is 19.1 Å². The zero-order chi connectivity index (χ0) is 29.3. The summed E-state index contributed by atoms with van der Waals surface area (Å²) in [6.45, 7) is 7.91. The van der Waals surface area contributed by atoms with Crippen molar-refractivity contribution in [2.75, 3.05) is 16.8 Å². The number of fused-ring (bicyclic) bond motifs is 5. The number of piperidine rings is 1. The van der Waals surface area contributed by atoms with E-state index in [1.807, 2.05) is 20.8 Å². The summed E-state index contributed by atoms with van der Waals surface area (Å²) in [5, 5.41) is 13.2. The van der Waals surface area contributed by atoms with Crippen molar-refractivity contribution >= 4 is 28.2 Å². The molecule has 2 atom stereocenters. The third kappa shape index (κ3) is 3.99. The van der Waals surface area contributed by atoms with Crippen molar-refractivity contribution in [3.8, 4) is 22.6 Å². The van der Waals surface area contributed by atoms with Crippen LogP contribution in [-0.2, 0) is 4.79 Å². The molecule has 2 aromatic carbocycles. The second-order valence-electron chi connectivity index (χ2n) is 11.3. The number of aryl methyl sites for hydroxylation is 1. The maximum atomic E-state index is 16.9. The molecule has 4 heterocycles. The highest BCUT2D eigenvalue weighted by Crippen LogP contribution is 2.45. The number of hydrogen-bond donors (Lipinski definition) is 2. The van der Waals surface area contributed by atoms with Gasteiger partial charge in [0, 0.05) is 18.1 Å². The van der Waals surface area contributed by atoms with Crippen molar-refractivity contribution in [3.05, 3.63) is 75.6 Å². The van der Waals surface area contributed by atoms with E-state index in [-0.39, 0.29) is 45.7 Å². The van der Waals surface area contributed by atoms with Crippen molar-refractivity contribution in [2.45, 2.75) is 52.5 Å². The number of aromatic nitrogens is 2. The Bertz CT molecular complexity index is 1800. The first-order chi connectivity index (χ1) is 19.5. The Balaban J connectivity index is 1.84. The lowest BCUT2D eigenvalue weighted by molar-refractivity contribution is -0.118. The summed E-state index contributed by atoms with van der Waals surface area (Å²) in [5.41, 5.74) is -0.931. The van der Waals surface area contributed by atoms with E-state index in [1.54, 1.807) is 24.1 Å². The summed E-state index contributed by atoms with van der Waals surface area (Å²) in [4.78, 5) is 33.8. The van der Waals surface area contributed by atoms with Gasteiger partial charge in [0.2, 0.25) is 5.91 Å². The second-order valence-corrected chi connectivity index (χ2v) is 11.3. The molecule has 0 aliphatic carbocycles. The summed E-state index contributed by atoms with van der Waals surface area (Å²) in [6, 6.07) is 5.48. The van der Waals surface area contributed by atoms with Gasteiger partial charge in [-0.25, -0.2) is 13.2 Å². The van der Waals surface area contributed by atoms with Gasteiger partial charge in [-0.1, -0.05) is 26.8 Å². The summed E-state index contributed by atoms with van der Waals surface area (Å²) in [5.74, 6) is -4.38. The molecule has 2 aliphatic rings. The van der Waals surface area contributed by atoms with Crippen LogP contribution >= 0.6 is 0 Å². The Morgan fingerprint density at radius 1 is 1.05 bits per heavy atom. The van der Waals surface area contributed by atoms with E-state index in [4.69, 9.17) is 0 Å². The molecule has 212 valence electrons. The van der Waals surface area contributed by atoms with Crippen LogP contribution in [0.2, 0.25) is 0 Å². The first-order valence-corrected chi connectivity index (χ1v) is 13.6. The minimum absolute atomic E-state index is 0.0474. The molecule has 7 nitrogen and oxygen atoms in total. The van der Waals surface area contributed by atoms with Gasteiger partial charge >= 0.3 is 0 Å². The number of carbonyl (C=O) groups excluding carboxylic acids is 1. The Morgan fingerprint density at radius 2 is 1.80 bits per heavy atom. The van der Waals surface area contributed by atoms with Gasteiger partial charge in [-0.3, -0.25) is 19.1 Å². The van der Waals surface area contributed by atoms with E-state index >= 15 is 8.78 Å². The third-order valence-electron chi connectivity index (χ3n) is 8.15. The van der Waals surface area contributed by atoms with E-state index in [0.717, 1.165) is 29.2 Å². The molecular weight excluding hydrogens is 533 g/mol. The lowest BCUT2D eigenvalue weighted by Gasteiger charge is -2.43. The topological polar surface area (TPSA) is 87.5 Å². The van der Waals surface area contributed by atoms with Crippen LogP contribution in [0.1, 0.15) is 50.8 Å². The third-order valence-corrected chi connectivity index (χ3v) is 8.15. The van der Waals surface area contributed by atoms with Gasteiger partial charge in [0.15, 0.2) is 5.82 Å². The fourth-order valence-electron chi connectivity index (χ4n) is 6.23. The fraction of sp³-hybridized carbons (Fsp3) is 0.323. The highest BCUT2D eigenvalue weighted by Gasteiger charge is 2.41. The van der Waals surface area contributed by atoms with Crippen LogP contribution < -0.4 is 15.8 Å². The van der Waals surface area contributed by atoms with E-state index in [1.165, 1.54) is 6.07 Å². The van der Waals surface area contributed by atoms with Gasteiger partial charge in [-0.2, -0.15) is 0 Å². The zero-order valence-corrected chi connectivity index (χ0v) is 23.1. The number of pyridine rings is 2. The van der Waals surface area contributed by atoms with Gasteiger partial charge < -0.3 is 15.3 Å². The largest absolute Gasteiger partial charge is 0.507 e. The van der Waals surface area contributed by atoms with Gasteiger partial charge in [0.1, 0.15) is 29.1 Å². The Labute approximate surface area is 234 Å². The van der Waals surface area contributed by atoms with Gasteiger partial charge in [-0.05, 0) is 61.4 Å². The highest BCUT2D eigenvalue weighted by molar-refractivity contribution is 6.11. The summed E-state index contributed by atoms with van der Waals surface area (Å²) in [6.07, 6.45) is 2.88. The number of rotatable bonds is 3. The Hall–Kier alpha value is -4.34. The maximum absolute atomic E-state index is 16.9. The quantitative estimate of drug-likeness (QED) is 0.312. The predicted molar refractivity (Wildman–Crippen MR) is 151 cm³/mol. The van der Waals surface area contributed by atoms with Crippen molar-refractivity contribution in [1.82, 2.24) is 9.55 Å². The Kier molecular flexibility index (Phi) is 6.32. The zero-order valence-electron chi connectivity index (χ0n) is 23.1. The monoisotopic (exact) mass is 562 g/mol. The molecule has 2 aliphatic heterocycles. The van der Waals surface area contributed by atoms with E-state index in [0.29, 0.717) is 24.2 Å². The normalized spacial score (nSPS) is 18.4. The molecule has 0 radical (unpaired) electrons. The number of carbonyl (C=O) groups is 1. The molecule has 41 heavy (non-hydrogen) atoms. The second kappa shape index (κ2) is 9.64. The maximum Gasteiger partial charge on any atom is 0.281 e. The van der Waals surface area contributed by atoms with Gasteiger partial charge in [0.05, 0.1) is 33.7 Å². The van der Waals surface area contributed by atoms with Crippen LogP contribution in [0.5, 0.6) is 5.75 Å². The number of phenols is 1. The number of hydrogen-bond acceptors (Lipinski definition) is 5. The van der Waals surface area contributed by atoms with Crippen molar-refractivity contribution in [2.24, 2.45) is 5.92 Å². The average Bonchev–Trinajstić information content (AvgIpc) is 2.91. The molecule has 0 unspecified atom stereocenters. The molecule has 1 amide bonds. The minimum atomic E-state index is -1.21. The molecule has 10 heteroatoms. The molecule has 2 aromatic heterocycles. The number of anilines is 2. The number of nitrogens with zero attached hydrogens (tertiary/aromatic N) is 3. The van der Waals surface area contributed by atoms with Crippen molar-refractivity contribution in [3.63, 3.8) is 0 Å². The molecule has 1 fully saturated rings. The molecule has 2 N–H and O–H groups in total. The molecular formula is C31H29F3N4O3. The van der Waals surface area contributed by atoms with Crippen LogP contribution in [0.15, 0.2) is 41.3 Å². The van der Waals surface area contributed by atoms with Crippen LogP contribution in [0.3, 0.4) is 0 Å². The van der Waals surface area contributed by atoms with Gasteiger partial charge in [0.25, 0.3) is 5.56 Å². The molecule has 0 spiro atoms. The number of halogens is 3. The number of aromatic hydroxyl groups is 1. The fourth-order valence-corrected chi connectivity index (χ4v) is 6.23. The molecule has 1 saturated heterocycles. The van der Waals surface area contributed by atoms with Crippen molar-refractivity contribution < 1.29 is 23.1 Å². The standard InChI is InChI=1S/C31H29F3N4O3/c1-14(2)25-27(16(4)10-11-35-25)38-28-17(12-19(33)23(24(28)34)22-18(32)6-5-7-21(22)39)29-26(31(38)41)36-30(40)20-9-8-15(3)13-37(20)29/h5-7,10-12,14-15,20,39H,8-9,13H2,1-4H3,(H,36,40)/t15-,20+/m0/s1. The molecule has 0 bridgehead atoms. The average molecular weight is 563 g/mol. The van der Waals surface area contributed by atoms with Crippen LogP contribution in [0.4, 0.5) is 24.5 Å². The molecule has 0 saturated carbocycles.